The van der Waals surface area contributed by atoms with Crippen molar-refractivity contribution < 1.29 is 4.74 Å². The first-order valence-corrected chi connectivity index (χ1v) is 9.17. The zero-order valence-electron chi connectivity index (χ0n) is 15.3. The van der Waals surface area contributed by atoms with E-state index in [1.165, 1.54) is 17.5 Å². The van der Waals surface area contributed by atoms with Crippen LogP contribution in [-0.2, 0) is 17.8 Å². The zero-order valence-corrected chi connectivity index (χ0v) is 17.7. The molecule has 1 aromatic carbocycles. The van der Waals surface area contributed by atoms with Gasteiger partial charge in [0.2, 0.25) is 0 Å². The van der Waals surface area contributed by atoms with Crippen LogP contribution < -0.4 is 10.6 Å². The van der Waals surface area contributed by atoms with Gasteiger partial charge in [-0.15, -0.1) is 24.0 Å². The van der Waals surface area contributed by atoms with Crippen LogP contribution in [0.15, 0.2) is 29.3 Å². The van der Waals surface area contributed by atoms with Crippen molar-refractivity contribution in [2.24, 2.45) is 10.9 Å². The SMILES string of the molecule is CCNC(=NCc1ccc(CN2CCOCC2)cc1)NC1CC1C.I. The van der Waals surface area contributed by atoms with Gasteiger partial charge in [-0.05, 0) is 30.4 Å². The van der Waals surface area contributed by atoms with E-state index >= 15 is 0 Å². The Morgan fingerprint density at radius 3 is 2.44 bits per heavy atom. The molecule has 0 aromatic heterocycles. The van der Waals surface area contributed by atoms with Gasteiger partial charge < -0.3 is 15.4 Å². The fourth-order valence-electron chi connectivity index (χ4n) is 2.96. The molecule has 140 valence electrons. The maximum atomic E-state index is 5.40. The molecule has 25 heavy (non-hydrogen) atoms. The molecule has 2 aliphatic rings. The molecule has 0 radical (unpaired) electrons. The average molecular weight is 458 g/mol. The first-order valence-electron chi connectivity index (χ1n) is 9.17. The van der Waals surface area contributed by atoms with Gasteiger partial charge in [0.15, 0.2) is 5.96 Å². The van der Waals surface area contributed by atoms with Crippen molar-refractivity contribution >= 4 is 29.9 Å². The van der Waals surface area contributed by atoms with Crippen LogP contribution >= 0.6 is 24.0 Å². The molecular weight excluding hydrogens is 427 g/mol. The maximum absolute atomic E-state index is 5.40. The Balaban J connectivity index is 0.00000225. The van der Waals surface area contributed by atoms with Gasteiger partial charge in [-0.25, -0.2) is 4.99 Å². The average Bonchev–Trinajstić information content (AvgIpc) is 3.30. The number of aliphatic imine (C=N–C) groups is 1. The number of nitrogens with zero attached hydrogens (tertiary/aromatic N) is 2. The number of nitrogens with one attached hydrogen (secondary N) is 2. The Kier molecular flexibility index (Phi) is 8.45. The number of ether oxygens (including phenoxy) is 1. The molecule has 1 aliphatic carbocycles. The molecule has 1 heterocycles. The highest BCUT2D eigenvalue weighted by molar-refractivity contribution is 14.0. The fraction of sp³-hybridized carbons (Fsp3) is 0.632. The van der Waals surface area contributed by atoms with E-state index in [1.54, 1.807) is 0 Å². The molecule has 1 aromatic rings. The molecule has 2 fully saturated rings. The number of benzene rings is 1. The highest BCUT2D eigenvalue weighted by Crippen LogP contribution is 2.28. The van der Waals surface area contributed by atoms with Crippen LogP contribution in [0.3, 0.4) is 0 Å². The highest BCUT2D eigenvalue weighted by atomic mass is 127. The molecule has 2 atom stereocenters. The number of hydrogen-bond acceptors (Lipinski definition) is 3. The van der Waals surface area contributed by atoms with Gasteiger partial charge in [-0.1, -0.05) is 31.2 Å². The van der Waals surface area contributed by atoms with Crippen molar-refractivity contribution in [3.05, 3.63) is 35.4 Å². The molecule has 0 amide bonds. The van der Waals surface area contributed by atoms with Crippen LogP contribution in [-0.4, -0.2) is 49.7 Å². The molecule has 0 bridgehead atoms. The Bertz CT molecular complexity index is 543. The highest BCUT2D eigenvalue weighted by Gasteiger charge is 2.33. The lowest BCUT2D eigenvalue weighted by Crippen LogP contribution is -2.39. The number of hydrogen-bond donors (Lipinski definition) is 2. The zero-order chi connectivity index (χ0) is 16.8. The molecule has 1 saturated carbocycles. The van der Waals surface area contributed by atoms with Crippen LogP contribution in [0.1, 0.15) is 31.4 Å². The second-order valence-corrected chi connectivity index (χ2v) is 6.86. The van der Waals surface area contributed by atoms with Crippen LogP contribution in [0.25, 0.3) is 0 Å². The van der Waals surface area contributed by atoms with E-state index in [0.717, 1.165) is 51.3 Å². The summed E-state index contributed by atoms with van der Waals surface area (Å²) >= 11 is 0. The standard InChI is InChI=1S/C19H30N4O.HI/c1-3-20-19(22-18-12-15(18)2)21-13-16-4-6-17(7-5-16)14-23-8-10-24-11-9-23;/h4-7,15,18H,3,8-14H2,1-2H3,(H2,20,21,22);1H. The minimum atomic E-state index is 0. The first-order chi connectivity index (χ1) is 11.7. The van der Waals surface area contributed by atoms with E-state index in [-0.39, 0.29) is 24.0 Å². The number of halogens is 1. The molecule has 2 N–H and O–H groups in total. The van der Waals surface area contributed by atoms with Gasteiger partial charge in [-0.2, -0.15) is 0 Å². The minimum Gasteiger partial charge on any atom is -0.379 e. The predicted molar refractivity (Wildman–Crippen MR) is 113 cm³/mol. The summed E-state index contributed by atoms with van der Waals surface area (Å²) in [5, 5.41) is 6.83. The summed E-state index contributed by atoms with van der Waals surface area (Å²) in [7, 11) is 0. The Hall–Kier alpha value is -0.860. The Labute approximate surface area is 168 Å². The Morgan fingerprint density at radius 1 is 1.20 bits per heavy atom. The van der Waals surface area contributed by atoms with Gasteiger partial charge in [0.25, 0.3) is 0 Å². The second-order valence-electron chi connectivity index (χ2n) is 6.86. The molecule has 6 heteroatoms. The van der Waals surface area contributed by atoms with Crippen molar-refractivity contribution in [1.29, 1.82) is 0 Å². The lowest BCUT2D eigenvalue weighted by Gasteiger charge is -2.26. The predicted octanol–water partition coefficient (Wildman–Crippen LogP) is 2.60. The summed E-state index contributed by atoms with van der Waals surface area (Å²) in [5.41, 5.74) is 2.61. The van der Waals surface area contributed by atoms with Crippen molar-refractivity contribution in [3.8, 4) is 0 Å². The summed E-state index contributed by atoms with van der Waals surface area (Å²) in [6.45, 7) is 10.8. The first kappa shape index (κ1) is 20.5. The summed E-state index contributed by atoms with van der Waals surface area (Å²) < 4.78 is 5.40. The molecule has 1 aliphatic heterocycles. The molecular formula is C19H31IN4O. The fourth-order valence-corrected chi connectivity index (χ4v) is 2.96. The molecule has 2 unspecified atom stereocenters. The van der Waals surface area contributed by atoms with Crippen molar-refractivity contribution in [2.75, 3.05) is 32.8 Å². The number of morpholine rings is 1. The molecule has 0 spiro atoms. The van der Waals surface area contributed by atoms with Crippen LogP contribution in [0.2, 0.25) is 0 Å². The topological polar surface area (TPSA) is 48.9 Å². The van der Waals surface area contributed by atoms with Crippen LogP contribution in [0, 0.1) is 5.92 Å². The quantitative estimate of drug-likeness (QED) is 0.391. The van der Waals surface area contributed by atoms with Gasteiger partial charge in [0, 0.05) is 32.2 Å². The monoisotopic (exact) mass is 458 g/mol. The lowest BCUT2D eigenvalue weighted by molar-refractivity contribution is 0.0342. The summed E-state index contributed by atoms with van der Waals surface area (Å²) in [6.07, 6.45) is 1.25. The van der Waals surface area contributed by atoms with E-state index in [4.69, 9.17) is 9.73 Å². The summed E-state index contributed by atoms with van der Waals surface area (Å²) in [6, 6.07) is 9.44. The summed E-state index contributed by atoms with van der Waals surface area (Å²) in [5.74, 6) is 1.71. The van der Waals surface area contributed by atoms with E-state index in [2.05, 4.69) is 53.6 Å². The smallest absolute Gasteiger partial charge is 0.191 e. The second kappa shape index (κ2) is 10.3. The normalized spacial score (nSPS) is 23.7. The number of rotatable bonds is 6. The lowest BCUT2D eigenvalue weighted by atomic mass is 10.1. The van der Waals surface area contributed by atoms with Gasteiger partial charge in [0.1, 0.15) is 0 Å². The van der Waals surface area contributed by atoms with Gasteiger partial charge >= 0.3 is 0 Å². The Morgan fingerprint density at radius 2 is 1.84 bits per heavy atom. The van der Waals surface area contributed by atoms with E-state index in [9.17, 15) is 0 Å². The van der Waals surface area contributed by atoms with E-state index in [0.29, 0.717) is 12.6 Å². The third kappa shape index (κ3) is 6.75. The molecule has 1 saturated heterocycles. The van der Waals surface area contributed by atoms with E-state index in [1.807, 2.05) is 0 Å². The minimum absolute atomic E-state index is 0. The van der Waals surface area contributed by atoms with Gasteiger partial charge in [-0.3, -0.25) is 4.90 Å². The van der Waals surface area contributed by atoms with Crippen LogP contribution in [0.5, 0.6) is 0 Å². The van der Waals surface area contributed by atoms with Crippen molar-refractivity contribution in [3.63, 3.8) is 0 Å². The maximum Gasteiger partial charge on any atom is 0.191 e. The van der Waals surface area contributed by atoms with E-state index < -0.39 is 0 Å². The number of guanidine groups is 1. The summed E-state index contributed by atoms with van der Waals surface area (Å²) in [4.78, 5) is 7.16. The van der Waals surface area contributed by atoms with Crippen LogP contribution in [0.4, 0.5) is 0 Å². The van der Waals surface area contributed by atoms with Gasteiger partial charge in [0.05, 0.1) is 19.8 Å². The third-order valence-corrected chi connectivity index (χ3v) is 4.73. The largest absolute Gasteiger partial charge is 0.379 e. The third-order valence-electron chi connectivity index (χ3n) is 4.73. The molecule has 3 rings (SSSR count). The van der Waals surface area contributed by atoms with Crippen molar-refractivity contribution in [2.45, 2.75) is 39.4 Å². The van der Waals surface area contributed by atoms with Crippen molar-refractivity contribution in [1.82, 2.24) is 15.5 Å². The molecule has 5 nitrogen and oxygen atoms in total.